The van der Waals surface area contributed by atoms with Crippen LogP contribution < -0.4 is 0 Å². The van der Waals surface area contributed by atoms with Gasteiger partial charge in [0.2, 0.25) is 3.79 Å². The fourth-order valence-corrected chi connectivity index (χ4v) is 4.68. The number of thiophene rings is 1. The van der Waals surface area contributed by atoms with Crippen molar-refractivity contribution in [3.05, 3.63) is 20.8 Å². The minimum Gasteiger partial charge on any atom is -0.456 e. The molecule has 132 valence electrons. The first-order valence-electron chi connectivity index (χ1n) is 8.33. The van der Waals surface area contributed by atoms with Crippen LogP contribution in [0.1, 0.15) is 77.1 Å². The third-order valence-electron chi connectivity index (χ3n) is 4.04. The SMILES string of the molecule is CC(C)CCCC(C)CCC(C)(C)OC(=O)c1cc[s+](Br)c1Br. The molecule has 1 aromatic rings. The molecule has 1 heterocycles. The minimum atomic E-state index is -0.426. The fraction of sp³-hybridized carbons (Fsp3) is 0.722. The van der Waals surface area contributed by atoms with Gasteiger partial charge in [0.25, 0.3) is 14.8 Å². The van der Waals surface area contributed by atoms with E-state index in [0.29, 0.717) is 11.5 Å². The van der Waals surface area contributed by atoms with E-state index in [-0.39, 0.29) is 14.9 Å². The van der Waals surface area contributed by atoms with Crippen LogP contribution in [0, 0.1) is 11.8 Å². The summed E-state index contributed by atoms with van der Waals surface area (Å²) in [6, 6.07) is 1.83. The van der Waals surface area contributed by atoms with Gasteiger partial charge in [-0.1, -0.05) is 40.0 Å². The first-order chi connectivity index (χ1) is 10.6. The molecule has 5 heteroatoms. The summed E-state index contributed by atoms with van der Waals surface area (Å²) in [4.78, 5) is 12.3. The van der Waals surface area contributed by atoms with Crippen molar-refractivity contribution in [3.8, 4) is 0 Å². The Morgan fingerprint density at radius 3 is 2.43 bits per heavy atom. The summed E-state index contributed by atoms with van der Waals surface area (Å²) in [5, 5.41) is 1.96. The van der Waals surface area contributed by atoms with Crippen LogP contribution >= 0.6 is 39.6 Å². The molecule has 0 radical (unpaired) electrons. The number of halogens is 2. The molecule has 0 aliphatic heterocycles. The van der Waals surface area contributed by atoms with Crippen molar-refractivity contribution in [2.45, 2.75) is 72.3 Å². The lowest BCUT2D eigenvalue weighted by Crippen LogP contribution is -2.28. The van der Waals surface area contributed by atoms with Gasteiger partial charge in [-0.2, -0.15) is 0 Å². The Hall–Kier alpha value is 0.130. The molecule has 0 bridgehead atoms. The molecular weight excluding hydrogens is 440 g/mol. The molecule has 1 rings (SSSR count). The van der Waals surface area contributed by atoms with Crippen molar-refractivity contribution in [1.29, 1.82) is 0 Å². The number of hydrogen-bond acceptors (Lipinski definition) is 2. The highest BCUT2D eigenvalue weighted by molar-refractivity contribution is 9.35. The van der Waals surface area contributed by atoms with Gasteiger partial charge < -0.3 is 4.74 Å². The second-order valence-electron chi connectivity index (χ2n) is 7.39. The van der Waals surface area contributed by atoms with Gasteiger partial charge in [-0.3, -0.25) is 0 Å². The van der Waals surface area contributed by atoms with Crippen LogP contribution in [0.3, 0.4) is 0 Å². The van der Waals surface area contributed by atoms with Crippen molar-refractivity contribution in [1.82, 2.24) is 0 Å². The highest BCUT2D eigenvalue weighted by Gasteiger charge is 2.29. The maximum Gasteiger partial charge on any atom is 0.345 e. The van der Waals surface area contributed by atoms with E-state index in [9.17, 15) is 4.79 Å². The van der Waals surface area contributed by atoms with E-state index in [0.717, 1.165) is 22.5 Å². The molecule has 2 atom stereocenters. The Morgan fingerprint density at radius 1 is 1.26 bits per heavy atom. The summed E-state index contributed by atoms with van der Waals surface area (Å²) in [5.41, 5.74) is 0.202. The number of carbonyl (C=O) groups is 1. The van der Waals surface area contributed by atoms with Gasteiger partial charge in [0.15, 0.2) is 5.38 Å². The zero-order valence-corrected chi connectivity index (χ0v) is 18.8. The Labute approximate surface area is 159 Å². The van der Waals surface area contributed by atoms with Crippen molar-refractivity contribution < 1.29 is 9.53 Å². The van der Waals surface area contributed by atoms with Crippen LogP contribution in [0.4, 0.5) is 0 Å². The molecule has 0 fully saturated rings. The summed E-state index contributed by atoms with van der Waals surface area (Å²) < 4.78 is 6.61. The van der Waals surface area contributed by atoms with Gasteiger partial charge in [-0.25, -0.2) is 4.79 Å². The molecule has 0 spiro atoms. The Balaban J connectivity index is 2.43. The zero-order chi connectivity index (χ0) is 17.6. The molecule has 0 aromatic carbocycles. The molecule has 0 saturated carbocycles. The second kappa shape index (κ2) is 9.57. The van der Waals surface area contributed by atoms with E-state index in [2.05, 4.69) is 51.5 Å². The molecule has 0 amide bonds. The van der Waals surface area contributed by atoms with Gasteiger partial charge in [-0.15, -0.1) is 0 Å². The fourth-order valence-electron chi connectivity index (χ4n) is 2.48. The first-order valence-corrected chi connectivity index (χ1v) is 12.3. The second-order valence-corrected chi connectivity index (χ2v) is 12.1. The number of esters is 1. The summed E-state index contributed by atoms with van der Waals surface area (Å²) >= 11 is 6.97. The molecule has 2 nitrogen and oxygen atoms in total. The predicted octanol–water partition coefficient (Wildman–Crippen LogP) is 7.53. The monoisotopic (exact) mass is 467 g/mol. The van der Waals surface area contributed by atoms with Crippen LogP contribution in [-0.2, 0) is 4.74 Å². The lowest BCUT2D eigenvalue weighted by molar-refractivity contribution is -0.00696. The Kier molecular flexibility index (Phi) is 8.81. The average Bonchev–Trinajstić information content (AvgIpc) is 2.76. The first kappa shape index (κ1) is 21.2. The van der Waals surface area contributed by atoms with Gasteiger partial charge in [0.1, 0.15) is 11.2 Å². The van der Waals surface area contributed by atoms with Crippen molar-refractivity contribution in [3.63, 3.8) is 0 Å². The van der Waals surface area contributed by atoms with E-state index < -0.39 is 5.60 Å². The number of rotatable bonds is 9. The molecule has 0 saturated heterocycles. The summed E-state index contributed by atoms with van der Waals surface area (Å²) in [6.45, 7) is 10.9. The van der Waals surface area contributed by atoms with Crippen LogP contribution in [0.25, 0.3) is 0 Å². The van der Waals surface area contributed by atoms with Crippen LogP contribution in [0.15, 0.2) is 15.2 Å². The molecule has 2 unspecified atom stereocenters. The quantitative estimate of drug-likeness (QED) is 0.276. The molecule has 1 aromatic heterocycles. The summed E-state index contributed by atoms with van der Waals surface area (Å²) in [6.07, 6.45) is 5.84. The number of hydrogen-bond donors (Lipinski definition) is 0. The largest absolute Gasteiger partial charge is 0.456 e. The van der Waals surface area contributed by atoms with Gasteiger partial charge in [-0.05, 0) is 38.5 Å². The maximum absolute atomic E-state index is 12.3. The molecule has 0 aliphatic carbocycles. The molecule has 23 heavy (non-hydrogen) atoms. The topological polar surface area (TPSA) is 26.3 Å². The highest BCUT2D eigenvalue weighted by atomic mass is 79.9. The van der Waals surface area contributed by atoms with Crippen LogP contribution in [-0.4, -0.2) is 11.6 Å². The van der Waals surface area contributed by atoms with Gasteiger partial charge in [0.05, 0.1) is 8.90 Å². The van der Waals surface area contributed by atoms with Crippen molar-refractivity contribution in [2.75, 3.05) is 0 Å². The number of carbonyl (C=O) groups excluding carboxylic acids is 1. The Morgan fingerprint density at radius 2 is 1.91 bits per heavy atom. The number of ether oxygens (including phenoxy) is 1. The standard InChI is InChI=1S/C18H29Br2O2S/c1-13(2)7-6-8-14(3)9-11-18(4,5)22-17(21)15-10-12-23(20)16(15)19/h10,12-14H,6-9,11H2,1-5H3/q+1. The molecule has 0 N–H and O–H groups in total. The van der Waals surface area contributed by atoms with E-state index in [1.807, 2.05) is 25.3 Å². The van der Waals surface area contributed by atoms with Crippen LogP contribution in [0.5, 0.6) is 0 Å². The lowest BCUT2D eigenvalue weighted by atomic mass is 9.91. The summed E-state index contributed by atoms with van der Waals surface area (Å²) in [5.74, 6) is 1.22. The smallest absolute Gasteiger partial charge is 0.345 e. The normalized spacial score (nSPS) is 14.2. The Bertz CT molecular complexity index is 509. The summed E-state index contributed by atoms with van der Waals surface area (Å²) in [7, 11) is -0.188. The molecule has 0 aliphatic rings. The zero-order valence-electron chi connectivity index (χ0n) is 14.8. The highest BCUT2D eigenvalue weighted by Crippen LogP contribution is 2.40. The predicted molar refractivity (Wildman–Crippen MR) is 108 cm³/mol. The lowest BCUT2D eigenvalue weighted by Gasteiger charge is -2.26. The third-order valence-corrected chi connectivity index (χ3v) is 9.38. The van der Waals surface area contributed by atoms with E-state index in [4.69, 9.17) is 4.74 Å². The maximum atomic E-state index is 12.3. The minimum absolute atomic E-state index is 0.188. The van der Waals surface area contributed by atoms with Gasteiger partial charge >= 0.3 is 5.97 Å². The van der Waals surface area contributed by atoms with Crippen molar-refractivity contribution in [2.24, 2.45) is 11.8 Å². The average molecular weight is 469 g/mol. The van der Waals surface area contributed by atoms with E-state index >= 15 is 0 Å². The third kappa shape index (κ3) is 7.70. The van der Waals surface area contributed by atoms with Gasteiger partial charge in [0, 0.05) is 22.0 Å². The van der Waals surface area contributed by atoms with Crippen molar-refractivity contribution >= 4 is 45.6 Å². The molecular formula is C18H29Br2O2S+. The van der Waals surface area contributed by atoms with E-state index in [1.165, 1.54) is 19.3 Å². The van der Waals surface area contributed by atoms with Crippen LogP contribution in [0.2, 0.25) is 0 Å². The van der Waals surface area contributed by atoms with E-state index in [1.54, 1.807) is 0 Å².